The van der Waals surface area contributed by atoms with E-state index in [1.54, 1.807) is 6.92 Å². The number of hydrogen-bond donors (Lipinski definition) is 2. The van der Waals surface area contributed by atoms with Crippen molar-refractivity contribution in [1.29, 1.82) is 0 Å². The molecular formula is C12H14N2O5. The number of aromatic nitrogens is 1. The first-order valence-corrected chi connectivity index (χ1v) is 5.73. The van der Waals surface area contributed by atoms with E-state index in [1.807, 2.05) is 0 Å². The number of hydrogen-bond acceptors (Lipinski definition) is 4. The molecule has 0 aromatic carbocycles. The summed E-state index contributed by atoms with van der Waals surface area (Å²) in [7, 11) is 0. The number of ether oxygens (including phenoxy) is 1. The van der Waals surface area contributed by atoms with Crippen LogP contribution in [0.3, 0.4) is 0 Å². The molecular weight excluding hydrogens is 252 g/mol. The van der Waals surface area contributed by atoms with Crippen molar-refractivity contribution in [3.63, 3.8) is 0 Å². The van der Waals surface area contributed by atoms with E-state index in [0.717, 1.165) is 0 Å². The zero-order chi connectivity index (χ0) is 14.0. The van der Waals surface area contributed by atoms with Crippen LogP contribution in [0.5, 0.6) is 0 Å². The van der Waals surface area contributed by atoms with E-state index in [-0.39, 0.29) is 18.1 Å². The van der Waals surface area contributed by atoms with Gasteiger partial charge in [-0.25, -0.2) is 4.79 Å². The van der Waals surface area contributed by atoms with Crippen LogP contribution in [0.25, 0.3) is 0 Å². The van der Waals surface area contributed by atoms with Gasteiger partial charge in [-0.3, -0.25) is 9.59 Å². The van der Waals surface area contributed by atoms with Gasteiger partial charge in [0, 0.05) is 17.8 Å². The number of rotatable bonds is 4. The fourth-order valence-corrected chi connectivity index (χ4v) is 1.99. The Morgan fingerprint density at radius 2 is 2.21 bits per heavy atom. The first-order chi connectivity index (χ1) is 8.89. The van der Waals surface area contributed by atoms with Gasteiger partial charge in [-0.05, 0) is 13.0 Å². The summed E-state index contributed by atoms with van der Waals surface area (Å²) in [6.07, 6.45) is 1.41. The van der Waals surface area contributed by atoms with Gasteiger partial charge in [0.2, 0.25) is 5.56 Å². The first-order valence-electron chi connectivity index (χ1n) is 5.73. The lowest BCUT2D eigenvalue weighted by Crippen LogP contribution is -2.63. The second-order valence-electron chi connectivity index (χ2n) is 4.74. The highest BCUT2D eigenvalue weighted by molar-refractivity contribution is 5.94. The third kappa shape index (κ3) is 3.00. The Labute approximate surface area is 108 Å². The average molecular weight is 266 g/mol. The minimum Gasteiger partial charge on any atom is -0.480 e. The maximum absolute atomic E-state index is 12.0. The molecule has 0 atom stereocenters. The molecule has 1 saturated heterocycles. The molecule has 2 heterocycles. The number of carbonyl (C=O) groups is 2. The number of carboxylic acids is 1. The predicted molar refractivity (Wildman–Crippen MR) is 65.0 cm³/mol. The highest BCUT2D eigenvalue weighted by Gasteiger charge is 2.42. The van der Waals surface area contributed by atoms with Crippen molar-refractivity contribution in [3.8, 4) is 0 Å². The number of aliphatic carboxylic acids is 1. The molecule has 0 spiro atoms. The van der Waals surface area contributed by atoms with Gasteiger partial charge in [0.25, 0.3) is 5.91 Å². The molecule has 7 nitrogen and oxygen atoms in total. The molecule has 1 amide bonds. The van der Waals surface area contributed by atoms with E-state index >= 15 is 0 Å². The summed E-state index contributed by atoms with van der Waals surface area (Å²) in [5, 5.41) is 8.54. The van der Waals surface area contributed by atoms with Crippen LogP contribution < -0.4 is 5.56 Å². The van der Waals surface area contributed by atoms with Gasteiger partial charge in [0.05, 0.1) is 13.1 Å². The van der Waals surface area contributed by atoms with Gasteiger partial charge in [-0.2, -0.15) is 0 Å². The number of likely N-dealkylation sites (tertiary alicyclic amines) is 1. The maximum atomic E-state index is 12.0. The second-order valence-corrected chi connectivity index (χ2v) is 4.74. The van der Waals surface area contributed by atoms with Crippen LogP contribution in [-0.2, 0) is 9.53 Å². The molecule has 1 fully saturated rings. The number of nitrogens with zero attached hydrogens (tertiary/aromatic N) is 1. The average Bonchev–Trinajstić information content (AvgIpc) is 2.32. The zero-order valence-electron chi connectivity index (χ0n) is 10.4. The van der Waals surface area contributed by atoms with E-state index < -0.39 is 11.6 Å². The number of nitrogens with one attached hydrogen (secondary N) is 1. The van der Waals surface area contributed by atoms with E-state index in [4.69, 9.17) is 9.84 Å². The van der Waals surface area contributed by atoms with Crippen LogP contribution in [0.1, 0.15) is 17.3 Å². The quantitative estimate of drug-likeness (QED) is 0.778. The molecule has 1 aliphatic rings. The smallest absolute Gasteiger partial charge is 0.329 e. The summed E-state index contributed by atoms with van der Waals surface area (Å²) in [6, 6.07) is 2.76. The van der Waals surface area contributed by atoms with Gasteiger partial charge in [0.15, 0.2) is 0 Å². The Kier molecular flexibility index (Phi) is 3.39. The molecule has 2 rings (SSSR count). The Hall–Kier alpha value is -2.15. The third-order valence-electron chi connectivity index (χ3n) is 2.90. The summed E-state index contributed by atoms with van der Waals surface area (Å²) in [4.78, 5) is 37.5. The minimum atomic E-state index is -1.04. The lowest BCUT2D eigenvalue weighted by Gasteiger charge is -2.47. The molecule has 102 valence electrons. The molecule has 0 unspecified atom stereocenters. The van der Waals surface area contributed by atoms with E-state index in [0.29, 0.717) is 18.7 Å². The molecule has 7 heteroatoms. The van der Waals surface area contributed by atoms with Crippen molar-refractivity contribution in [2.24, 2.45) is 0 Å². The van der Waals surface area contributed by atoms with Crippen LogP contribution >= 0.6 is 0 Å². The zero-order valence-corrected chi connectivity index (χ0v) is 10.4. The van der Waals surface area contributed by atoms with Crippen LogP contribution in [0.15, 0.2) is 23.1 Å². The second kappa shape index (κ2) is 4.85. The Morgan fingerprint density at radius 3 is 2.79 bits per heavy atom. The van der Waals surface area contributed by atoms with Gasteiger partial charge in [0.1, 0.15) is 12.2 Å². The number of amides is 1. The Morgan fingerprint density at radius 1 is 1.53 bits per heavy atom. The van der Waals surface area contributed by atoms with Crippen molar-refractivity contribution >= 4 is 11.9 Å². The molecule has 2 N–H and O–H groups in total. The standard InChI is InChI=1S/C12H14N2O5/c1-12(19-5-10(16)17)6-14(7-12)11(18)8-2-3-13-9(15)4-8/h2-4H,5-7H2,1H3,(H,13,15)(H,16,17). The molecule has 1 aromatic rings. The fraction of sp³-hybridized carbons (Fsp3) is 0.417. The van der Waals surface area contributed by atoms with Crippen molar-refractivity contribution in [3.05, 3.63) is 34.2 Å². The van der Waals surface area contributed by atoms with Crippen LogP contribution in [0, 0.1) is 0 Å². The number of pyridine rings is 1. The highest BCUT2D eigenvalue weighted by Crippen LogP contribution is 2.25. The molecule has 0 saturated carbocycles. The van der Waals surface area contributed by atoms with E-state index in [9.17, 15) is 14.4 Å². The molecule has 0 aliphatic carbocycles. The molecule has 0 radical (unpaired) electrons. The molecule has 19 heavy (non-hydrogen) atoms. The fourth-order valence-electron chi connectivity index (χ4n) is 1.99. The van der Waals surface area contributed by atoms with Crippen LogP contribution in [0.2, 0.25) is 0 Å². The molecule has 1 aromatic heterocycles. The number of aromatic amines is 1. The third-order valence-corrected chi connectivity index (χ3v) is 2.90. The number of carboxylic acid groups (broad SMARTS) is 1. The van der Waals surface area contributed by atoms with E-state index in [2.05, 4.69) is 4.98 Å². The normalized spacial score (nSPS) is 16.8. The predicted octanol–water partition coefficient (Wildman–Crippen LogP) is -0.309. The number of H-pyrrole nitrogens is 1. The first kappa shape index (κ1) is 13.3. The SMILES string of the molecule is CC1(OCC(=O)O)CN(C(=O)c2cc[nH]c(=O)c2)C1. The largest absolute Gasteiger partial charge is 0.480 e. The van der Waals surface area contributed by atoms with Gasteiger partial charge in [-0.1, -0.05) is 0 Å². The Balaban J connectivity index is 1.95. The minimum absolute atomic E-state index is 0.262. The summed E-state index contributed by atoms with van der Waals surface area (Å²) >= 11 is 0. The monoisotopic (exact) mass is 266 g/mol. The topological polar surface area (TPSA) is 99.7 Å². The van der Waals surface area contributed by atoms with Gasteiger partial charge >= 0.3 is 5.97 Å². The Bertz CT molecular complexity index is 559. The van der Waals surface area contributed by atoms with Gasteiger partial charge < -0.3 is 19.7 Å². The van der Waals surface area contributed by atoms with Crippen molar-refractivity contribution in [2.45, 2.75) is 12.5 Å². The maximum Gasteiger partial charge on any atom is 0.329 e. The summed E-state index contributed by atoms with van der Waals surface area (Å²) in [5.41, 5.74) is -0.657. The number of carbonyl (C=O) groups excluding carboxylic acids is 1. The lowest BCUT2D eigenvalue weighted by atomic mass is 9.95. The van der Waals surface area contributed by atoms with Crippen molar-refractivity contribution < 1.29 is 19.4 Å². The summed E-state index contributed by atoms with van der Waals surface area (Å²) < 4.78 is 5.21. The van der Waals surface area contributed by atoms with Crippen molar-refractivity contribution in [2.75, 3.05) is 19.7 Å². The van der Waals surface area contributed by atoms with Crippen LogP contribution in [-0.4, -0.2) is 52.2 Å². The summed E-state index contributed by atoms with van der Waals surface area (Å²) in [5.74, 6) is -1.30. The van der Waals surface area contributed by atoms with E-state index in [1.165, 1.54) is 23.2 Å². The van der Waals surface area contributed by atoms with Crippen LogP contribution in [0.4, 0.5) is 0 Å². The summed E-state index contributed by atoms with van der Waals surface area (Å²) in [6.45, 7) is 1.98. The van der Waals surface area contributed by atoms with Crippen molar-refractivity contribution in [1.82, 2.24) is 9.88 Å². The highest BCUT2D eigenvalue weighted by atomic mass is 16.5. The molecule has 0 bridgehead atoms. The lowest BCUT2D eigenvalue weighted by molar-refractivity contribution is -0.159. The van der Waals surface area contributed by atoms with Gasteiger partial charge in [-0.15, -0.1) is 0 Å². The molecule has 1 aliphatic heterocycles.